The van der Waals surface area contributed by atoms with Crippen molar-refractivity contribution in [3.05, 3.63) is 53.4 Å². The van der Waals surface area contributed by atoms with Crippen molar-refractivity contribution in [2.24, 2.45) is 0 Å². The number of nitrogens with zero attached hydrogens (tertiary/aromatic N) is 1. The van der Waals surface area contributed by atoms with Gasteiger partial charge in [0.2, 0.25) is 6.79 Å². The highest BCUT2D eigenvalue weighted by Gasteiger charge is 2.17. The molecule has 1 aliphatic heterocycles. The van der Waals surface area contributed by atoms with Crippen LogP contribution in [0.3, 0.4) is 0 Å². The second-order valence-electron chi connectivity index (χ2n) is 5.99. The fourth-order valence-corrected chi connectivity index (χ4v) is 4.33. The average molecular weight is 416 g/mol. The van der Waals surface area contributed by atoms with E-state index in [1.807, 2.05) is 23.6 Å². The highest BCUT2D eigenvalue weighted by Crippen LogP contribution is 2.36. The first kappa shape index (κ1) is 18.5. The van der Waals surface area contributed by atoms with Gasteiger partial charge in [-0.3, -0.25) is 10.1 Å². The summed E-state index contributed by atoms with van der Waals surface area (Å²) < 4.78 is 34.7. The van der Waals surface area contributed by atoms with Crippen LogP contribution in [0.25, 0.3) is 11.3 Å². The molecule has 0 atom stereocenters. The van der Waals surface area contributed by atoms with Gasteiger partial charge in [0.15, 0.2) is 26.5 Å². The van der Waals surface area contributed by atoms with E-state index >= 15 is 0 Å². The number of amides is 1. The standard InChI is InChI=1S/C19H16N2O5S2/c1-2-28(23,24)14-5-3-4-13(8-14)18(22)21-19-20-15(10-27-19)12-6-7-16-17(9-12)26-11-25-16/h3-10H,2,11H2,1H3,(H,20,21,22). The molecule has 4 rings (SSSR count). The van der Waals surface area contributed by atoms with Crippen LogP contribution in [0, 0.1) is 0 Å². The zero-order chi connectivity index (χ0) is 19.7. The molecule has 1 amide bonds. The second kappa shape index (κ2) is 7.25. The number of sulfone groups is 1. The van der Waals surface area contributed by atoms with Crippen LogP contribution in [-0.2, 0) is 9.84 Å². The fourth-order valence-electron chi connectivity index (χ4n) is 2.69. The lowest BCUT2D eigenvalue weighted by atomic mass is 10.1. The molecule has 3 aromatic rings. The molecular formula is C19H16N2O5S2. The van der Waals surface area contributed by atoms with Gasteiger partial charge in [-0.15, -0.1) is 11.3 Å². The van der Waals surface area contributed by atoms with E-state index in [1.54, 1.807) is 19.1 Å². The summed E-state index contributed by atoms with van der Waals surface area (Å²) in [4.78, 5) is 17.1. The van der Waals surface area contributed by atoms with Crippen LogP contribution >= 0.6 is 11.3 Å². The Labute approximate surface area is 165 Å². The Morgan fingerprint density at radius 1 is 1.18 bits per heavy atom. The van der Waals surface area contributed by atoms with E-state index in [0.717, 1.165) is 5.56 Å². The van der Waals surface area contributed by atoms with Gasteiger partial charge in [-0.2, -0.15) is 0 Å². The minimum Gasteiger partial charge on any atom is -0.454 e. The number of rotatable bonds is 5. The second-order valence-corrected chi connectivity index (χ2v) is 9.13. The first-order chi connectivity index (χ1) is 13.5. The van der Waals surface area contributed by atoms with Crippen molar-refractivity contribution >= 4 is 32.2 Å². The summed E-state index contributed by atoms with van der Waals surface area (Å²) in [6.07, 6.45) is 0. The Kier molecular flexibility index (Phi) is 4.78. The summed E-state index contributed by atoms with van der Waals surface area (Å²) in [6, 6.07) is 11.5. The van der Waals surface area contributed by atoms with Gasteiger partial charge in [-0.05, 0) is 36.4 Å². The van der Waals surface area contributed by atoms with Crippen LogP contribution in [-0.4, -0.2) is 31.9 Å². The van der Waals surface area contributed by atoms with Crippen LogP contribution in [0.5, 0.6) is 11.5 Å². The summed E-state index contributed by atoms with van der Waals surface area (Å²) in [7, 11) is -3.38. The molecule has 0 radical (unpaired) electrons. The molecule has 2 heterocycles. The van der Waals surface area contributed by atoms with E-state index in [2.05, 4.69) is 10.3 Å². The maximum atomic E-state index is 12.5. The maximum absolute atomic E-state index is 12.5. The molecule has 1 aromatic heterocycles. The molecule has 2 aromatic carbocycles. The molecule has 0 bridgehead atoms. The molecule has 0 saturated carbocycles. The number of benzene rings is 2. The topological polar surface area (TPSA) is 94.6 Å². The number of anilines is 1. The van der Waals surface area contributed by atoms with Crippen LogP contribution < -0.4 is 14.8 Å². The molecule has 0 saturated heterocycles. The largest absolute Gasteiger partial charge is 0.454 e. The van der Waals surface area contributed by atoms with Crippen LogP contribution in [0.2, 0.25) is 0 Å². The number of hydrogen-bond acceptors (Lipinski definition) is 7. The monoisotopic (exact) mass is 416 g/mol. The molecule has 9 heteroatoms. The van der Waals surface area contributed by atoms with Gasteiger partial charge in [0.05, 0.1) is 16.3 Å². The molecule has 28 heavy (non-hydrogen) atoms. The number of thiazole rings is 1. The number of hydrogen-bond donors (Lipinski definition) is 1. The van der Waals surface area contributed by atoms with E-state index in [0.29, 0.717) is 22.3 Å². The predicted octanol–water partition coefficient (Wildman–Crippen LogP) is 3.58. The first-order valence-corrected chi connectivity index (χ1v) is 11.0. The van der Waals surface area contributed by atoms with Crippen molar-refractivity contribution in [1.29, 1.82) is 0 Å². The lowest BCUT2D eigenvalue weighted by molar-refractivity contribution is 0.102. The highest BCUT2D eigenvalue weighted by atomic mass is 32.2. The third kappa shape index (κ3) is 3.58. The quantitative estimate of drug-likeness (QED) is 0.683. The van der Waals surface area contributed by atoms with E-state index in [9.17, 15) is 13.2 Å². The molecule has 1 N–H and O–H groups in total. The van der Waals surface area contributed by atoms with Crippen molar-refractivity contribution in [3.8, 4) is 22.8 Å². The van der Waals surface area contributed by atoms with E-state index in [4.69, 9.17) is 9.47 Å². The third-order valence-electron chi connectivity index (χ3n) is 4.23. The van der Waals surface area contributed by atoms with E-state index < -0.39 is 15.7 Å². The van der Waals surface area contributed by atoms with Crippen molar-refractivity contribution in [1.82, 2.24) is 4.98 Å². The van der Waals surface area contributed by atoms with Crippen molar-refractivity contribution in [2.45, 2.75) is 11.8 Å². The highest BCUT2D eigenvalue weighted by molar-refractivity contribution is 7.91. The zero-order valence-corrected chi connectivity index (χ0v) is 16.5. The number of fused-ring (bicyclic) bond motifs is 1. The van der Waals surface area contributed by atoms with Crippen molar-refractivity contribution < 1.29 is 22.7 Å². The molecule has 0 fully saturated rings. The summed E-state index contributed by atoms with van der Waals surface area (Å²) >= 11 is 1.28. The van der Waals surface area contributed by atoms with Gasteiger partial charge in [0, 0.05) is 16.5 Å². The van der Waals surface area contributed by atoms with Gasteiger partial charge in [-0.1, -0.05) is 13.0 Å². The Bertz CT molecular complexity index is 1150. The Balaban J connectivity index is 1.53. The van der Waals surface area contributed by atoms with Crippen molar-refractivity contribution in [2.75, 3.05) is 17.9 Å². The number of nitrogens with one attached hydrogen (secondary N) is 1. The van der Waals surface area contributed by atoms with Crippen molar-refractivity contribution in [3.63, 3.8) is 0 Å². The summed E-state index contributed by atoms with van der Waals surface area (Å²) in [5.41, 5.74) is 1.80. The molecular weight excluding hydrogens is 400 g/mol. The number of carbonyl (C=O) groups excluding carboxylic acids is 1. The average Bonchev–Trinajstić information content (AvgIpc) is 3.36. The summed E-state index contributed by atoms with van der Waals surface area (Å²) in [5.74, 6) is 0.905. The summed E-state index contributed by atoms with van der Waals surface area (Å²) in [5, 5.41) is 4.96. The van der Waals surface area contributed by atoms with E-state index in [-0.39, 0.29) is 23.0 Å². The lowest BCUT2D eigenvalue weighted by Gasteiger charge is -2.05. The minimum absolute atomic E-state index is 0.0244. The minimum atomic E-state index is -3.38. The van der Waals surface area contributed by atoms with Crippen LogP contribution in [0.1, 0.15) is 17.3 Å². The number of ether oxygens (including phenoxy) is 2. The molecule has 0 aliphatic carbocycles. The molecule has 0 spiro atoms. The lowest BCUT2D eigenvalue weighted by Crippen LogP contribution is -2.13. The molecule has 7 nitrogen and oxygen atoms in total. The molecule has 144 valence electrons. The molecule has 1 aliphatic rings. The van der Waals surface area contributed by atoms with Gasteiger partial charge < -0.3 is 9.47 Å². The smallest absolute Gasteiger partial charge is 0.257 e. The van der Waals surface area contributed by atoms with Gasteiger partial charge in [-0.25, -0.2) is 13.4 Å². The Morgan fingerprint density at radius 2 is 2.00 bits per heavy atom. The fraction of sp³-hybridized carbons (Fsp3) is 0.158. The van der Waals surface area contributed by atoms with Gasteiger partial charge in [0.1, 0.15) is 0 Å². The SMILES string of the molecule is CCS(=O)(=O)c1cccc(C(=O)Nc2nc(-c3ccc4c(c3)OCO4)cs2)c1. The normalized spacial score (nSPS) is 12.8. The first-order valence-electron chi connectivity index (χ1n) is 8.46. The third-order valence-corrected chi connectivity index (χ3v) is 6.72. The Morgan fingerprint density at radius 3 is 2.82 bits per heavy atom. The van der Waals surface area contributed by atoms with Crippen LogP contribution in [0.4, 0.5) is 5.13 Å². The number of aromatic nitrogens is 1. The number of carbonyl (C=O) groups is 1. The van der Waals surface area contributed by atoms with Gasteiger partial charge >= 0.3 is 0 Å². The van der Waals surface area contributed by atoms with Gasteiger partial charge in [0.25, 0.3) is 5.91 Å². The zero-order valence-electron chi connectivity index (χ0n) is 14.8. The Hall–Kier alpha value is -2.91. The molecule has 0 unspecified atom stereocenters. The van der Waals surface area contributed by atoms with E-state index in [1.165, 1.54) is 23.5 Å². The maximum Gasteiger partial charge on any atom is 0.257 e. The van der Waals surface area contributed by atoms with Crippen LogP contribution in [0.15, 0.2) is 52.7 Å². The summed E-state index contributed by atoms with van der Waals surface area (Å²) in [6.45, 7) is 1.76. The predicted molar refractivity (Wildman–Crippen MR) is 106 cm³/mol.